The summed E-state index contributed by atoms with van der Waals surface area (Å²) < 4.78 is 5.37. The van der Waals surface area contributed by atoms with Gasteiger partial charge in [-0.05, 0) is 26.2 Å². The van der Waals surface area contributed by atoms with Crippen molar-refractivity contribution < 1.29 is 4.52 Å². The highest BCUT2D eigenvalue weighted by molar-refractivity contribution is 5.57. The predicted molar refractivity (Wildman–Crippen MR) is 110 cm³/mol. The Morgan fingerprint density at radius 1 is 1.11 bits per heavy atom. The first-order chi connectivity index (χ1) is 13.7. The summed E-state index contributed by atoms with van der Waals surface area (Å²) in [6, 6.07) is 14.8. The van der Waals surface area contributed by atoms with Gasteiger partial charge in [-0.2, -0.15) is 0 Å². The van der Waals surface area contributed by atoms with E-state index in [-0.39, 0.29) is 0 Å². The van der Waals surface area contributed by atoms with E-state index in [2.05, 4.69) is 45.5 Å². The lowest BCUT2D eigenvalue weighted by Gasteiger charge is -2.33. The van der Waals surface area contributed by atoms with Crippen LogP contribution in [0.2, 0.25) is 0 Å². The lowest BCUT2D eigenvalue weighted by molar-refractivity contribution is 0.343. The number of aryl methyl sites for hydroxylation is 2. The van der Waals surface area contributed by atoms with Crippen LogP contribution in [0.15, 0.2) is 47.0 Å². The van der Waals surface area contributed by atoms with Crippen LogP contribution >= 0.6 is 0 Å². The molecule has 1 N–H and O–H groups in total. The molecular formula is C22H27N5O. The highest BCUT2D eigenvalue weighted by atomic mass is 16.5. The summed E-state index contributed by atoms with van der Waals surface area (Å²) in [4.78, 5) is 11.8. The minimum atomic E-state index is 0.489. The summed E-state index contributed by atoms with van der Waals surface area (Å²) >= 11 is 0. The van der Waals surface area contributed by atoms with Gasteiger partial charge in [0, 0.05) is 42.5 Å². The molecule has 4 rings (SSSR count). The van der Waals surface area contributed by atoms with Crippen LogP contribution in [0.3, 0.4) is 0 Å². The number of hydrogen-bond acceptors (Lipinski definition) is 6. The van der Waals surface area contributed by atoms with Gasteiger partial charge in [0.05, 0.1) is 12.2 Å². The molecular weight excluding hydrogens is 350 g/mol. The molecule has 3 heterocycles. The van der Waals surface area contributed by atoms with E-state index < -0.39 is 0 Å². The zero-order valence-corrected chi connectivity index (χ0v) is 16.6. The lowest BCUT2D eigenvalue weighted by Crippen LogP contribution is -2.42. The summed E-state index contributed by atoms with van der Waals surface area (Å²) in [7, 11) is 0. The third-order valence-electron chi connectivity index (χ3n) is 5.23. The number of anilines is 1. The van der Waals surface area contributed by atoms with Crippen LogP contribution in [0.4, 0.5) is 5.82 Å². The number of rotatable bonds is 6. The molecule has 0 radical (unpaired) electrons. The number of benzene rings is 1. The number of hydrogen-bond donors (Lipinski definition) is 1. The predicted octanol–water partition coefficient (Wildman–Crippen LogP) is 3.76. The van der Waals surface area contributed by atoms with Gasteiger partial charge >= 0.3 is 0 Å². The first kappa shape index (κ1) is 18.6. The largest absolute Gasteiger partial charge is 0.360 e. The lowest BCUT2D eigenvalue weighted by atomic mass is 10.0. The van der Waals surface area contributed by atoms with Gasteiger partial charge in [-0.3, -0.25) is 0 Å². The second-order valence-corrected chi connectivity index (χ2v) is 7.34. The molecule has 28 heavy (non-hydrogen) atoms. The van der Waals surface area contributed by atoms with E-state index in [4.69, 9.17) is 9.51 Å². The summed E-state index contributed by atoms with van der Waals surface area (Å²) in [5.41, 5.74) is 3.07. The van der Waals surface area contributed by atoms with Crippen molar-refractivity contribution in [3.63, 3.8) is 0 Å². The molecule has 0 aliphatic carbocycles. The van der Waals surface area contributed by atoms with Gasteiger partial charge < -0.3 is 14.7 Å². The Morgan fingerprint density at radius 2 is 1.89 bits per heavy atom. The first-order valence-corrected chi connectivity index (χ1v) is 10.0. The van der Waals surface area contributed by atoms with Gasteiger partial charge in [-0.1, -0.05) is 42.4 Å². The van der Waals surface area contributed by atoms with Crippen LogP contribution in [0.25, 0.3) is 11.4 Å². The van der Waals surface area contributed by atoms with Gasteiger partial charge in [0.1, 0.15) is 5.82 Å². The van der Waals surface area contributed by atoms with Crippen LogP contribution in [-0.4, -0.2) is 34.3 Å². The van der Waals surface area contributed by atoms with Crippen molar-refractivity contribution in [1.82, 2.24) is 20.4 Å². The molecule has 0 saturated carbocycles. The first-order valence-electron chi connectivity index (χ1n) is 10.0. The van der Waals surface area contributed by atoms with Gasteiger partial charge in [0.25, 0.3) is 0 Å². The fourth-order valence-electron chi connectivity index (χ4n) is 3.59. The second kappa shape index (κ2) is 8.52. The zero-order chi connectivity index (χ0) is 19.3. The Kier molecular flexibility index (Phi) is 5.67. The molecule has 1 saturated heterocycles. The Labute approximate surface area is 166 Å². The second-order valence-electron chi connectivity index (χ2n) is 7.34. The fourth-order valence-corrected chi connectivity index (χ4v) is 3.59. The Balaban J connectivity index is 1.36. The molecule has 1 aliphatic rings. The molecule has 1 aliphatic heterocycles. The Bertz CT molecular complexity index is 900. The Morgan fingerprint density at radius 3 is 2.61 bits per heavy atom. The van der Waals surface area contributed by atoms with E-state index in [0.717, 1.165) is 73.3 Å². The quantitative estimate of drug-likeness (QED) is 0.705. The minimum absolute atomic E-state index is 0.489. The van der Waals surface area contributed by atoms with E-state index in [0.29, 0.717) is 6.04 Å². The summed E-state index contributed by atoms with van der Waals surface area (Å²) in [6.45, 7) is 6.83. The van der Waals surface area contributed by atoms with Gasteiger partial charge in [-0.15, -0.1) is 0 Å². The number of piperidine rings is 1. The van der Waals surface area contributed by atoms with Gasteiger partial charge in [0.15, 0.2) is 11.6 Å². The van der Waals surface area contributed by atoms with E-state index in [1.165, 1.54) is 0 Å². The molecule has 3 aromatic rings. The SMILES string of the molecule is CCc1cc(CNC2CCN(c3cc(C)nc(-c4ccccc4)n3)CC2)on1. The van der Waals surface area contributed by atoms with E-state index >= 15 is 0 Å². The maximum absolute atomic E-state index is 5.37. The highest BCUT2D eigenvalue weighted by Crippen LogP contribution is 2.23. The van der Waals surface area contributed by atoms with Crippen LogP contribution in [-0.2, 0) is 13.0 Å². The molecule has 6 nitrogen and oxygen atoms in total. The molecule has 0 unspecified atom stereocenters. The molecule has 146 valence electrons. The molecule has 0 amide bonds. The topological polar surface area (TPSA) is 67.1 Å². The van der Waals surface area contributed by atoms with Gasteiger partial charge in [-0.25, -0.2) is 9.97 Å². The van der Waals surface area contributed by atoms with Crippen molar-refractivity contribution in [3.05, 3.63) is 59.6 Å². The molecule has 1 aromatic carbocycles. The molecule has 1 fully saturated rings. The van der Waals surface area contributed by atoms with E-state index in [9.17, 15) is 0 Å². The van der Waals surface area contributed by atoms with Crippen molar-refractivity contribution in [1.29, 1.82) is 0 Å². The maximum atomic E-state index is 5.37. The molecule has 0 atom stereocenters. The number of nitrogens with zero attached hydrogens (tertiary/aromatic N) is 4. The third-order valence-corrected chi connectivity index (χ3v) is 5.23. The zero-order valence-electron chi connectivity index (χ0n) is 16.6. The smallest absolute Gasteiger partial charge is 0.161 e. The number of nitrogens with one attached hydrogen (secondary N) is 1. The fraction of sp³-hybridized carbons (Fsp3) is 0.409. The van der Waals surface area contributed by atoms with Crippen LogP contribution < -0.4 is 10.2 Å². The van der Waals surface area contributed by atoms with E-state index in [1.54, 1.807) is 0 Å². The molecule has 2 aromatic heterocycles. The summed E-state index contributed by atoms with van der Waals surface area (Å²) in [5, 5.41) is 7.66. The summed E-state index contributed by atoms with van der Waals surface area (Å²) in [5.74, 6) is 2.73. The average molecular weight is 377 g/mol. The van der Waals surface area contributed by atoms with Crippen molar-refractivity contribution >= 4 is 5.82 Å². The van der Waals surface area contributed by atoms with Crippen LogP contribution in [0, 0.1) is 6.92 Å². The molecule has 0 bridgehead atoms. The summed E-state index contributed by atoms with van der Waals surface area (Å²) in [6.07, 6.45) is 3.07. The number of aromatic nitrogens is 3. The highest BCUT2D eigenvalue weighted by Gasteiger charge is 2.21. The van der Waals surface area contributed by atoms with Gasteiger partial charge in [0.2, 0.25) is 0 Å². The van der Waals surface area contributed by atoms with Crippen molar-refractivity contribution in [2.45, 2.75) is 45.7 Å². The van der Waals surface area contributed by atoms with Crippen molar-refractivity contribution in [3.8, 4) is 11.4 Å². The maximum Gasteiger partial charge on any atom is 0.161 e. The molecule has 0 spiro atoms. The van der Waals surface area contributed by atoms with Crippen molar-refractivity contribution in [2.24, 2.45) is 0 Å². The monoisotopic (exact) mass is 377 g/mol. The van der Waals surface area contributed by atoms with Crippen molar-refractivity contribution in [2.75, 3.05) is 18.0 Å². The van der Waals surface area contributed by atoms with Crippen LogP contribution in [0.5, 0.6) is 0 Å². The standard InChI is InChI=1S/C22H27N5O/c1-3-18-14-20(28-26-18)15-23-19-9-11-27(12-10-19)21-13-16(2)24-22(25-21)17-7-5-4-6-8-17/h4-8,13-14,19,23H,3,9-12,15H2,1-2H3. The minimum Gasteiger partial charge on any atom is -0.360 e. The molecule has 6 heteroatoms. The average Bonchev–Trinajstić information content (AvgIpc) is 3.21. The Hall–Kier alpha value is -2.73. The van der Waals surface area contributed by atoms with Crippen LogP contribution in [0.1, 0.15) is 36.9 Å². The third kappa shape index (κ3) is 4.39. The van der Waals surface area contributed by atoms with E-state index in [1.807, 2.05) is 31.2 Å². The normalized spacial score (nSPS) is 15.1.